The molecule has 1 aromatic rings. The van der Waals surface area contributed by atoms with E-state index in [9.17, 15) is 0 Å². The van der Waals surface area contributed by atoms with E-state index >= 15 is 0 Å². The van der Waals surface area contributed by atoms with Crippen LogP contribution >= 0.6 is 11.6 Å². The van der Waals surface area contributed by atoms with Gasteiger partial charge in [0.25, 0.3) is 0 Å². The van der Waals surface area contributed by atoms with Crippen LogP contribution in [0, 0.1) is 11.3 Å². The number of nitriles is 1. The lowest BCUT2D eigenvalue weighted by atomic mass is 10.2. The van der Waals surface area contributed by atoms with E-state index in [0.29, 0.717) is 12.0 Å². The first-order valence-electron chi connectivity index (χ1n) is 4.11. The number of hydrogen-bond donors (Lipinski definition) is 1. The molecule has 0 unspecified atom stereocenters. The first-order valence-corrected chi connectivity index (χ1v) is 4.48. The van der Waals surface area contributed by atoms with Crippen molar-refractivity contribution in [2.75, 3.05) is 6.61 Å². The molecule has 0 atom stereocenters. The molecule has 1 heterocycles. The smallest absolute Gasteiger partial charge is 0.146 e. The SMILES string of the molecule is N#Cc1cc(C=CCCO)cnc1Cl. The van der Waals surface area contributed by atoms with Gasteiger partial charge in [-0.15, -0.1) is 0 Å². The highest BCUT2D eigenvalue weighted by Gasteiger charge is 1.99. The Kier molecular flexibility index (Phi) is 4.11. The molecule has 0 radical (unpaired) electrons. The minimum atomic E-state index is 0.114. The van der Waals surface area contributed by atoms with Crippen molar-refractivity contribution in [1.82, 2.24) is 4.98 Å². The lowest BCUT2D eigenvalue weighted by molar-refractivity contribution is 0.303. The van der Waals surface area contributed by atoms with Gasteiger partial charge in [0, 0.05) is 12.8 Å². The van der Waals surface area contributed by atoms with Crippen molar-refractivity contribution in [2.24, 2.45) is 0 Å². The van der Waals surface area contributed by atoms with Crippen LogP contribution in [0.4, 0.5) is 0 Å². The predicted octanol–water partition coefficient (Wildman–Crippen LogP) is 2.00. The van der Waals surface area contributed by atoms with Gasteiger partial charge < -0.3 is 5.11 Å². The molecule has 1 rings (SSSR count). The molecule has 0 amide bonds. The summed E-state index contributed by atoms with van der Waals surface area (Å²) in [6.45, 7) is 0.114. The van der Waals surface area contributed by atoms with E-state index in [1.165, 1.54) is 0 Å². The summed E-state index contributed by atoms with van der Waals surface area (Å²) >= 11 is 5.66. The van der Waals surface area contributed by atoms with Gasteiger partial charge in [0.05, 0.1) is 5.56 Å². The Morgan fingerprint density at radius 1 is 1.64 bits per heavy atom. The Morgan fingerprint density at radius 2 is 2.43 bits per heavy atom. The summed E-state index contributed by atoms with van der Waals surface area (Å²) in [6, 6.07) is 3.60. The Balaban J connectivity index is 2.86. The second-order valence-electron chi connectivity index (χ2n) is 2.63. The Hall–Kier alpha value is -1.37. The van der Waals surface area contributed by atoms with E-state index in [-0.39, 0.29) is 11.8 Å². The number of nitrogens with zero attached hydrogens (tertiary/aromatic N) is 2. The molecule has 0 aliphatic carbocycles. The minimum absolute atomic E-state index is 0.114. The largest absolute Gasteiger partial charge is 0.396 e. The Bertz CT molecular complexity index is 382. The van der Waals surface area contributed by atoms with Crippen molar-refractivity contribution in [3.63, 3.8) is 0 Å². The molecule has 3 nitrogen and oxygen atoms in total. The number of pyridine rings is 1. The van der Waals surface area contributed by atoms with Gasteiger partial charge in [-0.1, -0.05) is 23.8 Å². The minimum Gasteiger partial charge on any atom is -0.396 e. The second kappa shape index (κ2) is 5.38. The molecule has 1 aromatic heterocycles. The highest BCUT2D eigenvalue weighted by atomic mass is 35.5. The summed E-state index contributed by atoms with van der Waals surface area (Å²) in [5.41, 5.74) is 1.16. The molecule has 1 N–H and O–H groups in total. The van der Waals surface area contributed by atoms with Gasteiger partial charge in [0.1, 0.15) is 11.2 Å². The maximum Gasteiger partial charge on any atom is 0.146 e. The first kappa shape index (κ1) is 10.7. The summed E-state index contributed by atoms with van der Waals surface area (Å²) < 4.78 is 0. The summed E-state index contributed by atoms with van der Waals surface area (Å²) in [5, 5.41) is 17.4. The van der Waals surface area contributed by atoms with Crippen molar-refractivity contribution in [3.05, 3.63) is 34.6 Å². The number of aliphatic hydroxyl groups is 1. The van der Waals surface area contributed by atoms with Crippen LogP contribution in [0.25, 0.3) is 6.08 Å². The summed E-state index contributed by atoms with van der Waals surface area (Å²) in [7, 11) is 0. The fraction of sp³-hybridized carbons (Fsp3) is 0.200. The van der Waals surface area contributed by atoms with E-state index in [4.69, 9.17) is 22.0 Å². The molecule has 14 heavy (non-hydrogen) atoms. The van der Waals surface area contributed by atoms with Crippen LogP contribution in [0.2, 0.25) is 5.15 Å². The first-order chi connectivity index (χ1) is 6.77. The lowest BCUT2D eigenvalue weighted by Gasteiger charge is -1.95. The van der Waals surface area contributed by atoms with Crippen molar-refractivity contribution < 1.29 is 5.11 Å². The monoisotopic (exact) mass is 208 g/mol. The average Bonchev–Trinajstić information content (AvgIpc) is 2.21. The number of rotatable bonds is 3. The topological polar surface area (TPSA) is 56.9 Å². The van der Waals surface area contributed by atoms with E-state index < -0.39 is 0 Å². The van der Waals surface area contributed by atoms with E-state index in [2.05, 4.69) is 4.98 Å². The number of aliphatic hydroxyl groups excluding tert-OH is 1. The quantitative estimate of drug-likeness (QED) is 0.773. The second-order valence-corrected chi connectivity index (χ2v) is 2.99. The van der Waals surface area contributed by atoms with E-state index in [1.807, 2.05) is 12.1 Å². The van der Waals surface area contributed by atoms with Gasteiger partial charge in [0.15, 0.2) is 0 Å². The number of aromatic nitrogens is 1. The Labute approximate surface area is 87.3 Å². The van der Waals surface area contributed by atoms with Crippen LogP contribution in [-0.4, -0.2) is 16.7 Å². The van der Waals surface area contributed by atoms with Crippen LogP contribution in [0.15, 0.2) is 18.3 Å². The van der Waals surface area contributed by atoms with Crippen molar-refractivity contribution in [1.29, 1.82) is 5.26 Å². The molecular weight excluding hydrogens is 200 g/mol. The lowest BCUT2D eigenvalue weighted by Crippen LogP contribution is -1.84. The summed E-state index contributed by atoms with van der Waals surface area (Å²) in [5.74, 6) is 0. The zero-order chi connectivity index (χ0) is 10.4. The molecule has 0 saturated carbocycles. The van der Waals surface area contributed by atoms with Crippen LogP contribution in [0.3, 0.4) is 0 Å². The highest BCUT2D eigenvalue weighted by molar-refractivity contribution is 6.30. The van der Waals surface area contributed by atoms with Gasteiger partial charge in [-0.25, -0.2) is 4.98 Å². The maximum atomic E-state index is 8.68. The van der Waals surface area contributed by atoms with Gasteiger partial charge in [0.2, 0.25) is 0 Å². The van der Waals surface area contributed by atoms with Crippen molar-refractivity contribution in [3.8, 4) is 6.07 Å². The third-order valence-electron chi connectivity index (χ3n) is 1.59. The fourth-order valence-corrected chi connectivity index (χ4v) is 1.07. The van der Waals surface area contributed by atoms with E-state index in [0.717, 1.165) is 5.56 Å². The van der Waals surface area contributed by atoms with Gasteiger partial charge in [-0.05, 0) is 18.1 Å². The third kappa shape index (κ3) is 2.84. The molecule has 0 saturated heterocycles. The molecular formula is C10H9ClN2O. The van der Waals surface area contributed by atoms with E-state index in [1.54, 1.807) is 18.3 Å². The zero-order valence-electron chi connectivity index (χ0n) is 7.44. The zero-order valence-corrected chi connectivity index (χ0v) is 8.20. The summed E-state index contributed by atoms with van der Waals surface area (Å²) in [4.78, 5) is 3.86. The molecule has 0 fully saturated rings. The molecule has 0 bridgehead atoms. The number of halogens is 1. The van der Waals surface area contributed by atoms with Gasteiger partial charge in [-0.2, -0.15) is 5.26 Å². The maximum absolute atomic E-state index is 8.68. The standard InChI is InChI=1S/C10H9ClN2O/c11-10-9(6-12)5-8(7-13-10)3-1-2-4-14/h1,3,5,7,14H,2,4H2. The fourth-order valence-electron chi connectivity index (χ4n) is 0.928. The van der Waals surface area contributed by atoms with Crippen LogP contribution in [0.5, 0.6) is 0 Å². The molecule has 4 heteroatoms. The molecule has 72 valence electrons. The molecule has 0 spiro atoms. The van der Waals surface area contributed by atoms with Gasteiger partial charge in [-0.3, -0.25) is 0 Å². The third-order valence-corrected chi connectivity index (χ3v) is 1.89. The van der Waals surface area contributed by atoms with Crippen LogP contribution < -0.4 is 0 Å². The number of hydrogen-bond acceptors (Lipinski definition) is 3. The Morgan fingerprint density at radius 3 is 3.07 bits per heavy atom. The highest BCUT2D eigenvalue weighted by Crippen LogP contribution is 2.13. The van der Waals surface area contributed by atoms with Crippen molar-refractivity contribution in [2.45, 2.75) is 6.42 Å². The van der Waals surface area contributed by atoms with Crippen molar-refractivity contribution >= 4 is 17.7 Å². The summed E-state index contributed by atoms with van der Waals surface area (Å²) in [6.07, 6.45) is 5.77. The average molecular weight is 209 g/mol. The predicted molar refractivity (Wildman–Crippen MR) is 54.7 cm³/mol. The molecule has 0 aliphatic heterocycles. The van der Waals surface area contributed by atoms with Crippen LogP contribution in [-0.2, 0) is 0 Å². The molecule has 0 aliphatic rings. The van der Waals surface area contributed by atoms with Crippen LogP contribution in [0.1, 0.15) is 17.5 Å². The van der Waals surface area contributed by atoms with Gasteiger partial charge >= 0.3 is 0 Å². The normalized spacial score (nSPS) is 10.4. The molecule has 0 aromatic carbocycles.